The van der Waals surface area contributed by atoms with Crippen LogP contribution in [-0.2, 0) is 20.1 Å². The van der Waals surface area contributed by atoms with Gasteiger partial charge in [0.25, 0.3) is 5.91 Å². The summed E-state index contributed by atoms with van der Waals surface area (Å²) in [6.07, 6.45) is 2.30. The molecule has 3 amide bonds. The van der Waals surface area contributed by atoms with Crippen molar-refractivity contribution in [1.82, 2.24) is 24.9 Å². The molecule has 0 unspecified atom stereocenters. The standard InChI is InChI=1S/C28H32N8O2/c1-20-16-21(8-9-22(20)17-30-28(38)35-14-12-34(13-15-35)11-5-10-29)27(37)36-19-23-18-31-33(2)26(23)32-24-6-3-4-7-25(24)36/h3-4,6-9,16,18,32H,5,11-15,17,19H2,1-2H3,(H,30,38). The topological polar surface area (TPSA) is 110 Å². The van der Waals surface area contributed by atoms with E-state index >= 15 is 0 Å². The summed E-state index contributed by atoms with van der Waals surface area (Å²) in [7, 11) is 1.88. The monoisotopic (exact) mass is 512 g/mol. The fourth-order valence-corrected chi connectivity index (χ4v) is 4.99. The Morgan fingerprint density at radius 1 is 1.13 bits per heavy atom. The van der Waals surface area contributed by atoms with E-state index in [1.54, 1.807) is 15.8 Å². The molecule has 5 rings (SSSR count). The lowest BCUT2D eigenvalue weighted by Crippen LogP contribution is -2.51. The van der Waals surface area contributed by atoms with E-state index in [1.807, 2.05) is 61.3 Å². The first kappa shape index (κ1) is 25.3. The van der Waals surface area contributed by atoms with Gasteiger partial charge in [0.05, 0.1) is 30.2 Å². The van der Waals surface area contributed by atoms with Gasteiger partial charge in [-0.2, -0.15) is 10.4 Å². The summed E-state index contributed by atoms with van der Waals surface area (Å²) in [5.41, 5.74) is 5.11. The second kappa shape index (κ2) is 10.9. The summed E-state index contributed by atoms with van der Waals surface area (Å²) < 4.78 is 1.78. The number of hydrogen-bond acceptors (Lipinski definition) is 6. The van der Waals surface area contributed by atoms with Gasteiger partial charge in [-0.1, -0.05) is 18.2 Å². The fourth-order valence-electron chi connectivity index (χ4n) is 4.99. The minimum absolute atomic E-state index is 0.0922. The molecule has 196 valence electrons. The number of rotatable bonds is 5. The number of nitriles is 1. The van der Waals surface area contributed by atoms with Gasteiger partial charge in [-0.3, -0.25) is 14.4 Å². The van der Waals surface area contributed by atoms with Crippen molar-refractivity contribution in [2.75, 3.05) is 42.9 Å². The van der Waals surface area contributed by atoms with Crippen molar-refractivity contribution in [3.05, 3.63) is 70.9 Å². The predicted octanol–water partition coefficient (Wildman–Crippen LogP) is 3.37. The van der Waals surface area contributed by atoms with E-state index in [4.69, 9.17) is 5.26 Å². The van der Waals surface area contributed by atoms with Crippen molar-refractivity contribution in [1.29, 1.82) is 5.26 Å². The number of nitrogens with one attached hydrogen (secondary N) is 2. The Hall–Kier alpha value is -4.36. The summed E-state index contributed by atoms with van der Waals surface area (Å²) in [6.45, 7) is 6.36. The number of benzene rings is 2. The van der Waals surface area contributed by atoms with Crippen LogP contribution in [0.5, 0.6) is 0 Å². The summed E-state index contributed by atoms with van der Waals surface area (Å²) in [4.78, 5) is 32.2. The van der Waals surface area contributed by atoms with Crippen LogP contribution in [0.25, 0.3) is 0 Å². The van der Waals surface area contributed by atoms with Gasteiger partial charge < -0.3 is 20.4 Å². The number of hydrogen-bond donors (Lipinski definition) is 2. The predicted molar refractivity (Wildman–Crippen MR) is 145 cm³/mol. The maximum Gasteiger partial charge on any atom is 0.317 e. The van der Waals surface area contributed by atoms with Crippen LogP contribution in [0.1, 0.15) is 33.5 Å². The van der Waals surface area contributed by atoms with Crippen molar-refractivity contribution in [3.63, 3.8) is 0 Å². The van der Waals surface area contributed by atoms with E-state index in [0.717, 1.165) is 53.5 Å². The average molecular weight is 513 g/mol. The quantitative estimate of drug-likeness (QED) is 0.543. The summed E-state index contributed by atoms with van der Waals surface area (Å²) in [6, 6.07) is 15.5. The van der Waals surface area contributed by atoms with Gasteiger partial charge in [-0.05, 0) is 42.3 Å². The van der Waals surface area contributed by atoms with E-state index in [1.165, 1.54) is 0 Å². The van der Waals surface area contributed by atoms with Crippen LogP contribution in [0, 0.1) is 18.3 Å². The Balaban J connectivity index is 1.25. The molecule has 10 nitrogen and oxygen atoms in total. The highest BCUT2D eigenvalue weighted by Gasteiger charge is 2.27. The van der Waals surface area contributed by atoms with Gasteiger partial charge in [0.2, 0.25) is 0 Å². The maximum atomic E-state index is 13.7. The van der Waals surface area contributed by atoms with Crippen LogP contribution < -0.4 is 15.5 Å². The third kappa shape index (κ3) is 5.19. The van der Waals surface area contributed by atoms with Gasteiger partial charge in [-0.25, -0.2) is 4.79 Å². The minimum Gasteiger partial charge on any atom is -0.338 e. The number of carbonyl (C=O) groups is 2. The van der Waals surface area contributed by atoms with Crippen LogP contribution in [0.4, 0.5) is 22.0 Å². The molecule has 2 aromatic carbocycles. The van der Waals surface area contributed by atoms with Gasteiger partial charge >= 0.3 is 6.03 Å². The zero-order chi connectivity index (χ0) is 26.6. The molecule has 3 heterocycles. The minimum atomic E-state index is -0.0936. The number of para-hydroxylation sites is 2. The number of nitrogens with zero attached hydrogens (tertiary/aromatic N) is 6. The van der Waals surface area contributed by atoms with Crippen molar-refractivity contribution in [3.8, 4) is 6.07 Å². The molecule has 2 aliphatic heterocycles. The Morgan fingerprint density at radius 2 is 1.92 bits per heavy atom. The third-order valence-electron chi connectivity index (χ3n) is 7.26. The fraction of sp³-hybridized carbons (Fsp3) is 0.357. The average Bonchev–Trinajstić information content (AvgIpc) is 3.18. The number of aromatic nitrogens is 2. The largest absolute Gasteiger partial charge is 0.338 e. The van der Waals surface area contributed by atoms with Crippen LogP contribution in [0.15, 0.2) is 48.7 Å². The number of amides is 3. The van der Waals surface area contributed by atoms with E-state index < -0.39 is 0 Å². The van der Waals surface area contributed by atoms with E-state index in [-0.39, 0.29) is 11.9 Å². The first-order valence-corrected chi connectivity index (χ1v) is 12.8. The SMILES string of the molecule is Cc1cc(C(=O)N2Cc3cnn(C)c3Nc3ccccc32)ccc1CNC(=O)N1CCN(CCC#N)CC1. The Labute approximate surface area is 222 Å². The number of anilines is 3. The molecule has 10 heteroatoms. The van der Waals surface area contributed by atoms with Crippen molar-refractivity contribution in [2.45, 2.75) is 26.4 Å². The molecular weight excluding hydrogens is 480 g/mol. The van der Waals surface area contributed by atoms with Gasteiger partial charge in [-0.15, -0.1) is 0 Å². The molecule has 0 aliphatic carbocycles. The van der Waals surface area contributed by atoms with Crippen LogP contribution >= 0.6 is 0 Å². The molecule has 2 N–H and O–H groups in total. The lowest BCUT2D eigenvalue weighted by molar-refractivity contribution is 0.0985. The second-order valence-electron chi connectivity index (χ2n) is 9.71. The van der Waals surface area contributed by atoms with E-state index in [2.05, 4.69) is 26.7 Å². The molecule has 3 aromatic rings. The molecule has 0 spiro atoms. The van der Waals surface area contributed by atoms with Crippen LogP contribution in [0.2, 0.25) is 0 Å². The lowest BCUT2D eigenvalue weighted by Gasteiger charge is -2.34. The number of aryl methyl sites for hydroxylation is 2. The molecule has 38 heavy (non-hydrogen) atoms. The van der Waals surface area contributed by atoms with Crippen LogP contribution in [-0.4, -0.2) is 64.2 Å². The smallest absolute Gasteiger partial charge is 0.317 e. The normalized spacial score (nSPS) is 15.1. The van der Waals surface area contributed by atoms with E-state index in [9.17, 15) is 9.59 Å². The van der Waals surface area contributed by atoms with Gasteiger partial charge in [0.1, 0.15) is 5.82 Å². The summed E-state index contributed by atoms with van der Waals surface area (Å²) in [5, 5.41) is 19.6. The number of urea groups is 1. The maximum absolute atomic E-state index is 13.7. The number of fused-ring (bicyclic) bond motifs is 2. The highest BCUT2D eigenvalue weighted by Crippen LogP contribution is 2.36. The molecule has 0 bridgehead atoms. The zero-order valence-corrected chi connectivity index (χ0v) is 21.8. The van der Waals surface area contributed by atoms with Crippen LogP contribution in [0.3, 0.4) is 0 Å². The second-order valence-corrected chi connectivity index (χ2v) is 9.71. The number of carbonyl (C=O) groups excluding carboxylic acids is 2. The molecule has 1 aromatic heterocycles. The Kier molecular flexibility index (Phi) is 7.29. The molecule has 1 fully saturated rings. The Bertz CT molecular complexity index is 1380. The first-order valence-electron chi connectivity index (χ1n) is 12.8. The highest BCUT2D eigenvalue weighted by atomic mass is 16.2. The summed E-state index contributed by atoms with van der Waals surface area (Å²) in [5.74, 6) is 0.780. The molecule has 0 saturated carbocycles. The molecule has 0 radical (unpaired) electrons. The van der Waals surface area contributed by atoms with Crippen molar-refractivity contribution < 1.29 is 9.59 Å². The molecule has 2 aliphatic rings. The van der Waals surface area contributed by atoms with Crippen molar-refractivity contribution >= 4 is 29.1 Å². The first-order chi connectivity index (χ1) is 18.4. The van der Waals surface area contributed by atoms with Crippen molar-refractivity contribution in [2.24, 2.45) is 7.05 Å². The summed E-state index contributed by atoms with van der Waals surface area (Å²) >= 11 is 0. The van der Waals surface area contributed by atoms with E-state index in [0.29, 0.717) is 38.2 Å². The van der Waals surface area contributed by atoms with Gasteiger partial charge in [0.15, 0.2) is 0 Å². The van der Waals surface area contributed by atoms with Gasteiger partial charge in [0, 0.05) is 63.9 Å². The number of piperazine rings is 1. The third-order valence-corrected chi connectivity index (χ3v) is 7.26. The molecule has 1 saturated heterocycles. The lowest BCUT2D eigenvalue weighted by atomic mass is 10.0. The highest BCUT2D eigenvalue weighted by molar-refractivity contribution is 6.08. The zero-order valence-electron chi connectivity index (χ0n) is 21.8. The molecule has 0 atom stereocenters. The Morgan fingerprint density at radius 3 is 2.68 bits per heavy atom. The molecular formula is C28H32N8O2.